The first-order valence-electron chi connectivity index (χ1n) is 2.78. The number of carboxylic acids is 1. The molecule has 0 atom stereocenters. The Kier molecular flexibility index (Phi) is 1.67. The molecule has 0 spiro atoms. The van der Waals surface area contributed by atoms with Crippen LogP contribution >= 0.6 is 0 Å². The molecular formula is C5H5N3O3. The van der Waals surface area contributed by atoms with Gasteiger partial charge < -0.3 is 5.11 Å². The molecule has 11 heavy (non-hydrogen) atoms. The van der Waals surface area contributed by atoms with Crippen molar-refractivity contribution in [3.8, 4) is 0 Å². The standard InChI is InChI=1S/C5H5N3O3/c1-2-4(9)6-3(5(10)11)8-7-2/h1H3,(H,10,11)(H,6,8,9). The molecule has 0 aliphatic rings. The normalized spacial score (nSPS) is 9.55. The molecule has 2 N–H and O–H groups in total. The molecule has 0 amide bonds. The van der Waals surface area contributed by atoms with Crippen molar-refractivity contribution in [1.29, 1.82) is 0 Å². The van der Waals surface area contributed by atoms with Gasteiger partial charge in [-0.15, -0.1) is 10.2 Å². The highest BCUT2D eigenvalue weighted by Gasteiger charge is 2.06. The number of carbonyl (C=O) groups is 1. The summed E-state index contributed by atoms with van der Waals surface area (Å²) in [4.78, 5) is 23.0. The first kappa shape index (κ1) is 7.39. The molecule has 1 aromatic rings. The molecule has 58 valence electrons. The lowest BCUT2D eigenvalue weighted by Crippen LogP contribution is -2.19. The van der Waals surface area contributed by atoms with Crippen LogP contribution in [-0.2, 0) is 0 Å². The minimum Gasteiger partial charge on any atom is -0.475 e. The van der Waals surface area contributed by atoms with Crippen molar-refractivity contribution in [3.05, 3.63) is 21.9 Å². The Bertz CT molecular complexity index is 343. The molecule has 0 aliphatic carbocycles. The van der Waals surface area contributed by atoms with Gasteiger partial charge in [0, 0.05) is 0 Å². The van der Waals surface area contributed by atoms with Gasteiger partial charge >= 0.3 is 5.97 Å². The quantitative estimate of drug-likeness (QED) is 0.551. The summed E-state index contributed by atoms with van der Waals surface area (Å²) in [7, 11) is 0. The van der Waals surface area contributed by atoms with E-state index in [9.17, 15) is 9.59 Å². The maximum absolute atomic E-state index is 10.7. The highest BCUT2D eigenvalue weighted by atomic mass is 16.4. The van der Waals surface area contributed by atoms with Gasteiger partial charge in [0.15, 0.2) is 0 Å². The second kappa shape index (κ2) is 2.49. The van der Waals surface area contributed by atoms with Gasteiger partial charge in [0.05, 0.1) is 0 Å². The van der Waals surface area contributed by atoms with E-state index in [2.05, 4.69) is 10.2 Å². The van der Waals surface area contributed by atoms with Crippen molar-refractivity contribution in [2.45, 2.75) is 6.92 Å². The number of aryl methyl sites for hydroxylation is 1. The number of aromatic carboxylic acids is 1. The molecule has 0 saturated heterocycles. The summed E-state index contributed by atoms with van der Waals surface area (Å²) in [5, 5.41) is 14.9. The maximum Gasteiger partial charge on any atom is 0.373 e. The second-order valence-corrected chi connectivity index (χ2v) is 1.89. The van der Waals surface area contributed by atoms with E-state index in [1.54, 1.807) is 0 Å². The van der Waals surface area contributed by atoms with Crippen molar-refractivity contribution < 1.29 is 9.90 Å². The smallest absolute Gasteiger partial charge is 0.373 e. The molecule has 1 rings (SSSR count). The summed E-state index contributed by atoms with van der Waals surface area (Å²) >= 11 is 0. The van der Waals surface area contributed by atoms with Crippen LogP contribution in [-0.4, -0.2) is 26.3 Å². The van der Waals surface area contributed by atoms with Gasteiger partial charge in [-0.2, -0.15) is 0 Å². The Labute approximate surface area is 60.9 Å². The zero-order valence-electron chi connectivity index (χ0n) is 5.66. The molecule has 0 aromatic carbocycles. The molecule has 6 heteroatoms. The molecular weight excluding hydrogens is 150 g/mol. The first-order valence-corrected chi connectivity index (χ1v) is 2.78. The number of rotatable bonds is 1. The lowest BCUT2D eigenvalue weighted by Gasteiger charge is -1.91. The number of nitrogens with one attached hydrogen (secondary N) is 1. The predicted octanol–water partition coefficient (Wildman–Crippen LogP) is -0.828. The van der Waals surface area contributed by atoms with Crippen LogP contribution < -0.4 is 5.56 Å². The van der Waals surface area contributed by atoms with Gasteiger partial charge in [0.2, 0.25) is 5.82 Å². The predicted molar refractivity (Wildman–Crippen MR) is 34.3 cm³/mol. The average Bonchev–Trinajstić information content (AvgIpc) is 1.94. The van der Waals surface area contributed by atoms with Crippen LogP contribution in [0.5, 0.6) is 0 Å². The Morgan fingerprint density at radius 1 is 1.55 bits per heavy atom. The molecule has 0 saturated carbocycles. The zero-order valence-corrected chi connectivity index (χ0v) is 5.66. The number of carboxylic acid groups (broad SMARTS) is 1. The fourth-order valence-electron chi connectivity index (χ4n) is 0.490. The van der Waals surface area contributed by atoms with E-state index in [-0.39, 0.29) is 5.69 Å². The van der Waals surface area contributed by atoms with Crippen molar-refractivity contribution in [2.24, 2.45) is 0 Å². The second-order valence-electron chi connectivity index (χ2n) is 1.89. The van der Waals surface area contributed by atoms with Crippen LogP contribution in [0.25, 0.3) is 0 Å². The SMILES string of the molecule is Cc1nnc(C(=O)O)[nH]c1=O. The third kappa shape index (κ3) is 1.40. The lowest BCUT2D eigenvalue weighted by molar-refractivity contribution is 0.0681. The fourth-order valence-corrected chi connectivity index (χ4v) is 0.490. The first-order chi connectivity index (χ1) is 5.11. The van der Waals surface area contributed by atoms with E-state index in [0.717, 1.165) is 0 Å². The number of nitrogens with zero attached hydrogens (tertiary/aromatic N) is 2. The van der Waals surface area contributed by atoms with Gasteiger partial charge in [-0.3, -0.25) is 9.78 Å². The van der Waals surface area contributed by atoms with Crippen molar-refractivity contribution in [2.75, 3.05) is 0 Å². The molecule has 0 radical (unpaired) electrons. The third-order valence-electron chi connectivity index (χ3n) is 1.06. The van der Waals surface area contributed by atoms with E-state index in [4.69, 9.17) is 5.11 Å². The Hall–Kier alpha value is -1.72. The van der Waals surface area contributed by atoms with E-state index in [1.165, 1.54) is 6.92 Å². The van der Waals surface area contributed by atoms with Gasteiger partial charge in [0.25, 0.3) is 5.56 Å². The Morgan fingerprint density at radius 3 is 2.64 bits per heavy atom. The fraction of sp³-hybridized carbons (Fsp3) is 0.200. The van der Waals surface area contributed by atoms with Crippen LogP contribution in [0.1, 0.15) is 16.3 Å². The van der Waals surface area contributed by atoms with Crippen molar-refractivity contribution in [1.82, 2.24) is 15.2 Å². The third-order valence-corrected chi connectivity index (χ3v) is 1.06. The average molecular weight is 155 g/mol. The molecule has 1 aromatic heterocycles. The number of hydrogen-bond acceptors (Lipinski definition) is 4. The van der Waals surface area contributed by atoms with Gasteiger partial charge in [-0.05, 0) is 6.92 Å². The van der Waals surface area contributed by atoms with Crippen LogP contribution in [0.15, 0.2) is 4.79 Å². The van der Waals surface area contributed by atoms with Gasteiger partial charge in [-0.25, -0.2) is 4.79 Å². The maximum atomic E-state index is 10.7. The van der Waals surface area contributed by atoms with Gasteiger partial charge in [0.1, 0.15) is 5.69 Å². The highest BCUT2D eigenvalue weighted by molar-refractivity contribution is 5.82. The summed E-state index contributed by atoms with van der Waals surface area (Å²) in [6.07, 6.45) is 0. The molecule has 0 unspecified atom stereocenters. The number of hydrogen-bond donors (Lipinski definition) is 2. The minimum atomic E-state index is -1.30. The Balaban J connectivity index is 3.26. The van der Waals surface area contributed by atoms with Crippen molar-refractivity contribution >= 4 is 5.97 Å². The molecule has 0 bridgehead atoms. The highest BCUT2D eigenvalue weighted by Crippen LogP contribution is 1.81. The van der Waals surface area contributed by atoms with Crippen LogP contribution in [0.4, 0.5) is 0 Å². The summed E-state index contributed by atoms with van der Waals surface area (Å²) in [5.41, 5.74) is -0.382. The Morgan fingerprint density at radius 2 is 2.18 bits per heavy atom. The van der Waals surface area contributed by atoms with E-state index in [1.807, 2.05) is 4.98 Å². The summed E-state index contributed by atoms with van der Waals surface area (Å²) < 4.78 is 0. The summed E-state index contributed by atoms with van der Waals surface area (Å²) in [6, 6.07) is 0. The number of H-pyrrole nitrogens is 1. The minimum absolute atomic E-state index is 0.148. The van der Waals surface area contributed by atoms with Gasteiger partial charge in [-0.1, -0.05) is 0 Å². The van der Waals surface area contributed by atoms with Crippen LogP contribution in [0.3, 0.4) is 0 Å². The number of aromatic nitrogens is 3. The van der Waals surface area contributed by atoms with Crippen LogP contribution in [0, 0.1) is 6.92 Å². The summed E-state index contributed by atoms with van der Waals surface area (Å²) in [6.45, 7) is 1.44. The molecule has 0 fully saturated rings. The molecule has 0 aliphatic heterocycles. The summed E-state index contributed by atoms with van der Waals surface area (Å²) in [5.74, 6) is -1.74. The number of aromatic amines is 1. The van der Waals surface area contributed by atoms with Crippen molar-refractivity contribution in [3.63, 3.8) is 0 Å². The van der Waals surface area contributed by atoms with E-state index >= 15 is 0 Å². The van der Waals surface area contributed by atoms with E-state index in [0.29, 0.717) is 0 Å². The van der Waals surface area contributed by atoms with Crippen LogP contribution in [0.2, 0.25) is 0 Å². The molecule has 6 nitrogen and oxygen atoms in total. The molecule has 1 heterocycles. The zero-order chi connectivity index (χ0) is 8.43. The van der Waals surface area contributed by atoms with E-state index < -0.39 is 17.4 Å². The monoisotopic (exact) mass is 155 g/mol. The topological polar surface area (TPSA) is 95.9 Å². The lowest BCUT2D eigenvalue weighted by atomic mass is 10.5. The largest absolute Gasteiger partial charge is 0.475 e.